The van der Waals surface area contributed by atoms with Crippen molar-refractivity contribution in [2.45, 2.75) is 52.7 Å². The van der Waals surface area contributed by atoms with E-state index in [0.29, 0.717) is 6.42 Å². The van der Waals surface area contributed by atoms with Crippen LogP contribution in [-0.4, -0.2) is 23.6 Å². The van der Waals surface area contributed by atoms with Crippen molar-refractivity contribution in [2.24, 2.45) is 0 Å². The predicted molar refractivity (Wildman–Crippen MR) is 107 cm³/mol. The molecule has 0 aromatic heterocycles. The average Bonchev–Trinajstić information content (AvgIpc) is 2.91. The Bertz CT molecular complexity index is 863. The summed E-state index contributed by atoms with van der Waals surface area (Å²) in [4.78, 5) is 27.3. The van der Waals surface area contributed by atoms with Crippen LogP contribution in [0.15, 0.2) is 42.5 Å². The molecular formula is C22H26N2O3. The number of nitrogens with zero attached hydrogens (tertiary/aromatic N) is 1. The molecule has 1 N–H and O–H groups in total. The Hall–Kier alpha value is -2.82. The molecule has 1 unspecified atom stereocenters. The van der Waals surface area contributed by atoms with Crippen LogP contribution in [0.2, 0.25) is 0 Å². The van der Waals surface area contributed by atoms with E-state index in [0.717, 1.165) is 28.1 Å². The molecule has 2 aromatic rings. The van der Waals surface area contributed by atoms with E-state index in [1.165, 1.54) is 4.90 Å². The second-order valence-electron chi connectivity index (χ2n) is 8.06. The van der Waals surface area contributed by atoms with Crippen molar-refractivity contribution in [1.29, 1.82) is 0 Å². The van der Waals surface area contributed by atoms with Gasteiger partial charge in [-0.25, -0.2) is 4.79 Å². The lowest BCUT2D eigenvalue weighted by molar-refractivity contribution is -0.117. The smallest absolute Gasteiger partial charge is 0.415 e. The molecule has 142 valence electrons. The van der Waals surface area contributed by atoms with Crippen LogP contribution in [0.5, 0.6) is 0 Å². The maximum absolute atomic E-state index is 13.0. The quantitative estimate of drug-likeness (QED) is 0.844. The zero-order chi connectivity index (χ0) is 19.8. The van der Waals surface area contributed by atoms with E-state index in [4.69, 9.17) is 4.74 Å². The zero-order valence-corrected chi connectivity index (χ0v) is 16.5. The van der Waals surface area contributed by atoms with Crippen molar-refractivity contribution >= 4 is 23.4 Å². The number of rotatable bonds is 2. The molecule has 1 atom stereocenters. The van der Waals surface area contributed by atoms with Gasteiger partial charge in [-0.15, -0.1) is 0 Å². The lowest BCUT2D eigenvalue weighted by atomic mass is 10.1. The van der Waals surface area contributed by atoms with Gasteiger partial charge in [-0.3, -0.25) is 9.69 Å². The van der Waals surface area contributed by atoms with Gasteiger partial charge in [-0.1, -0.05) is 24.3 Å². The van der Waals surface area contributed by atoms with Gasteiger partial charge in [0.05, 0.1) is 5.69 Å². The summed E-state index contributed by atoms with van der Waals surface area (Å²) < 4.78 is 5.55. The van der Waals surface area contributed by atoms with Gasteiger partial charge < -0.3 is 10.1 Å². The Morgan fingerprint density at radius 1 is 1.07 bits per heavy atom. The molecule has 0 radical (unpaired) electrons. The second-order valence-corrected chi connectivity index (χ2v) is 8.06. The molecule has 5 heteroatoms. The summed E-state index contributed by atoms with van der Waals surface area (Å²) in [6.07, 6.45) is -0.0421. The Balaban J connectivity index is 1.88. The van der Waals surface area contributed by atoms with E-state index in [2.05, 4.69) is 5.32 Å². The van der Waals surface area contributed by atoms with Crippen molar-refractivity contribution in [1.82, 2.24) is 0 Å². The van der Waals surface area contributed by atoms with Crippen LogP contribution in [0.3, 0.4) is 0 Å². The van der Waals surface area contributed by atoms with Crippen molar-refractivity contribution in [3.8, 4) is 0 Å². The zero-order valence-electron chi connectivity index (χ0n) is 16.5. The highest BCUT2D eigenvalue weighted by atomic mass is 16.6. The minimum Gasteiger partial charge on any atom is -0.443 e. The highest BCUT2D eigenvalue weighted by Gasteiger charge is 2.40. The van der Waals surface area contributed by atoms with Gasteiger partial charge in [0.15, 0.2) is 0 Å². The van der Waals surface area contributed by atoms with Crippen LogP contribution in [0.1, 0.15) is 37.5 Å². The third-order valence-electron chi connectivity index (χ3n) is 4.36. The molecule has 0 bridgehead atoms. The summed E-state index contributed by atoms with van der Waals surface area (Å²) in [5.74, 6) is -0.220. The fourth-order valence-electron chi connectivity index (χ4n) is 3.40. The fourth-order valence-corrected chi connectivity index (χ4v) is 3.40. The largest absolute Gasteiger partial charge is 0.443 e. The number of amides is 2. The molecule has 0 fully saturated rings. The summed E-state index contributed by atoms with van der Waals surface area (Å²) in [6.45, 7) is 9.43. The Kier molecular flexibility index (Phi) is 4.96. The van der Waals surface area contributed by atoms with E-state index in [9.17, 15) is 9.59 Å². The summed E-state index contributed by atoms with van der Waals surface area (Å²) in [5, 5.41) is 2.96. The monoisotopic (exact) mass is 366 g/mol. The number of carbonyl (C=O) groups excluding carboxylic acids is 2. The first-order chi connectivity index (χ1) is 12.6. The average molecular weight is 366 g/mol. The second kappa shape index (κ2) is 7.06. The summed E-state index contributed by atoms with van der Waals surface area (Å²) >= 11 is 0. The van der Waals surface area contributed by atoms with E-state index >= 15 is 0 Å². The maximum atomic E-state index is 13.0. The lowest BCUT2D eigenvalue weighted by Gasteiger charge is -2.28. The molecule has 0 saturated carbocycles. The van der Waals surface area contributed by atoms with E-state index in [1.54, 1.807) is 0 Å². The van der Waals surface area contributed by atoms with E-state index in [1.807, 2.05) is 77.1 Å². The number of hydrogen-bond acceptors (Lipinski definition) is 3. The number of aryl methyl sites for hydroxylation is 2. The third-order valence-corrected chi connectivity index (χ3v) is 4.36. The molecule has 27 heavy (non-hydrogen) atoms. The van der Waals surface area contributed by atoms with Gasteiger partial charge in [0.25, 0.3) is 0 Å². The number of benzene rings is 2. The van der Waals surface area contributed by atoms with Gasteiger partial charge in [-0.05, 0) is 69.5 Å². The van der Waals surface area contributed by atoms with Gasteiger partial charge >= 0.3 is 6.09 Å². The molecule has 1 aliphatic rings. The van der Waals surface area contributed by atoms with Gasteiger partial charge in [0.2, 0.25) is 5.91 Å². The number of hydrogen-bond donors (Lipinski definition) is 1. The van der Waals surface area contributed by atoms with Crippen molar-refractivity contribution in [3.63, 3.8) is 0 Å². The first-order valence-electron chi connectivity index (χ1n) is 9.13. The van der Waals surface area contributed by atoms with E-state index in [-0.39, 0.29) is 5.91 Å². The van der Waals surface area contributed by atoms with Gasteiger partial charge in [-0.2, -0.15) is 0 Å². The molecule has 1 aliphatic heterocycles. The summed E-state index contributed by atoms with van der Waals surface area (Å²) in [6, 6.07) is 12.8. The number of ether oxygens (including phenoxy) is 1. The van der Waals surface area contributed by atoms with Gasteiger partial charge in [0, 0.05) is 12.1 Å². The minimum atomic E-state index is -0.641. The predicted octanol–water partition coefficient (Wildman–Crippen LogP) is 4.61. The Labute approximate surface area is 160 Å². The highest BCUT2D eigenvalue weighted by Crippen LogP contribution is 2.34. The topological polar surface area (TPSA) is 58.6 Å². The van der Waals surface area contributed by atoms with Crippen LogP contribution < -0.4 is 10.2 Å². The number of fused-ring (bicyclic) bond motifs is 1. The van der Waals surface area contributed by atoms with Crippen LogP contribution in [0.4, 0.5) is 16.2 Å². The Morgan fingerprint density at radius 3 is 2.33 bits per heavy atom. The number of para-hydroxylation sites is 1. The first-order valence-corrected chi connectivity index (χ1v) is 9.13. The van der Waals surface area contributed by atoms with Gasteiger partial charge in [0.1, 0.15) is 11.6 Å². The first kappa shape index (κ1) is 19.0. The maximum Gasteiger partial charge on any atom is 0.415 e. The van der Waals surface area contributed by atoms with Crippen LogP contribution in [0, 0.1) is 13.8 Å². The summed E-state index contributed by atoms with van der Waals surface area (Å²) in [7, 11) is 0. The molecule has 3 rings (SSSR count). The molecule has 5 nitrogen and oxygen atoms in total. The normalized spacial score (nSPS) is 16.0. The number of anilines is 2. The molecule has 2 aromatic carbocycles. The third kappa shape index (κ3) is 4.30. The standard InChI is InChI=1S/C22H26N2O3/c1-14-10-15(2)12-17(11-14)23-20(25)19-13-16-8-6-7-9-18(16)24(19)21(26)27-22(3,4)5/h6-12,19H,13H2,1-5H3,(H,23,25). The van der Waals surface area contributed by atoms with Crippen molar-refractivity contribution in [3.05, 3.63) is 59.2 Å². The molecule has 2 amide bonds. The summed E-state index contributed by atoms with van der Waals surface area (Å²) in [5.41, 5.74) is 3.94. The highest BCUT2D eigenvalue weighted by molar-refractivity contribution is 6.05. The van der Waals surface area contributed by atoms with Crippen molar-refractivity contribution < 1.29 is 14.3 Å². The molecule has 0 spiro atoms. The molecule has 0 saturated heterocycles. The van der Waals surface area contributed by atoms with Crippen LogP contribution in [-0.2, 0) is 16.0 Å². The molecule has 0 aliphatic carbocycles. The number of nitrogens with one attached hydrogen (secondary N) is 1. The number of carbonyl (C=O) groups is 2. The van der Waals surface area contributed by atoms with Crippen LogP contribution in [0.25, 0.3) is 0 Å². The minimum absolute atomic E-state index is 0.220. The SMILES string of the molecule is Cc1cc(C)cc(NC(=O)C2Cc3ccccc3N2C(=O)OC(C)(C)C)c1. The Morgan fingerprint density at radius 2 is 1.70 bits per heavy atom. The van der Waals surface area contributed by atoms with Crippen LogP contribution >= 0.6 is 0 Å². The lowest BCUT2D eigenvalue weighted by Crippen LogP contribution is -2.47. The molecule has 1 heterocycles. The van der Waals surface area contributed by atoms with Crippen molar-refractivity contribution in [2.75, 3.05) is 10.2 Å². The molecular weight excluding hydrogens is 340 g/mol. The fraction of sp³-hybridized carbons (Fsp3) is 0.364. The van der Waals surface area contributed by atoms with E-state index < -0.39 is 17.7 Å².